The third-order valence-corrected chi connectivity index (χ3v) is 5.55. The molecule has 0 saturated carbocycles. The molecule has 0 N–H and O–H groups in total. The smallest absolute Gasteiger partial charge is 0.226 e. The van der Waals surface area contributed by atoms with Crippen LogP contribution in [0.15, 0.2) is 6.07 Å². The molecule has 1 fully saturated rings. The van der Waals surface area contributed by atoms with E-state index in [0.29, 0.717) is 35.7 Å². The number of halogens is 1. The highest BCUT2D eigenvalue weighted by Crippen LogP contribution is 2.38. The van der Waals surface area contributed by atoms with Crippen LogP contribution in [0.2, 0.25) is 5.15 Å². The molecule has 128 valence electrons. The van der Waals surface area contributed by atoms with Crippen LogP contribution in [0.5, 0.6) is 0 Å². The van der Waals surface area contributed by atoms with Gasteiger partial charge in [-0.25, -0.2) is 9.97 Å². The molecule has 0 unspecified atom stereocenters. The largest absolute Gasteiger partial charge is 0.378 e. The Morgan fingerprint density at radius 3 is 2.72 bits per heavy atom. The van der Waals surface area contributed by atoms with E-state index in [4.69, 9.17) is 21.3 Å². The highest BCUT2D eigenvalue weighted by molar-refractivity contribution is 7.25. The highest BCUT2D eigenvalue weighted by atomic mass is 35.5. The number of aromatic nitrogens is 3. The summed E-state index contributed by atoms with van der Waals surface area (Å²) < 4.78 is 6.18. The van der Waals surface area contributed by atoms with Gasteiger partial charge < -0.3 is 14.5 Å². The number of hydrogen-bond donors (Lipinski definition) is 0. The zero-order chi connectivity index (χ0) is 17.6. The van der Waals surface area contributed by atoms with E-state index in [0.717, 1.165) is 33.5 Å². The van der Waals surface area contributed by atoms with Crippen molar-refractivity contribution in [3.05, 3.63) is 16.8 Å². The number of ether oxygens (including phenoxy) is 1. The van der Waals surface area contributed by atoms with Crippen LogP contribution in [0, 0.1) is 11.3 Å². The first kappa shape index (κ1) is 16.3. The van der Waals surface area contributed by atoms with E-state index in [1.54, 1.807) is 4.90 Å². The third-order valence-electron chi connectivity index (χ3n) is 4.06. The van der Waals surface area contributed by atoms with Gasteiger partial charge in [0.05, 0.1) is 29.0 Å². The molecule has 0 spiro atoms. The van der Waals surface area contributed by atoms with E-state index in [1.165, 1.54) is 11.3 Å². The maximum Gasteiger partial charge on any atom is 0.226 e. The summed E-state index contributed by atoms with van der Waals surface area (Å²) in [7, 11) is 3.73. The Morgan fingerprint density at radius 1 is 1.28 bits per heavy atom. The Labute approximate surface area is 153 Å². The molecule has 3 aromatic heterocycles. The minimum absolute atomic E-state index is 0.406. The van der Waals surface area contributed by atoms with Gasteiger partial charge in [0.15, 0.2) is 5.15 Å². The van der Waals surface area contributed by atoms with Crippen molar-refractivity contribution >= 4 is 55.1 Å². The number of anilines is 2. The third kappa shape index (κ3) is 2.74. The fourth-order valence-corrected chi connectivity index (χ4v) is 4.07. The molecule has 0 atom stereocenters. The lowest BCUT2D eigenvalue weighted by molar-refractivity contribution is 0.122. The summed E-state index contributed by atoms with van der Waals surface area (Å²) in [5.74, 6) is 1.23. The standard InChI is InChI=1S/C16H15ClN6OS/c1-22(2)16-19-11-10-7-9(8-18)14(23-3-5-24-6-4-23)21-15(10)25-12(11)13(17)20-16/h7H,3-6H2,1-2H3. The summed E-state index contributed by atoms with van der Waals surface area (Å²) in [6, 6.07) is 4.12. The van der Waals surface area contributed by atoms with Gasteiger partial charge >= 0.3 is 0 Å². The normalized spacial score (nSPS) is 14.9. The van der Waals surface area contributed by atoms with Gasteiger partial charge in [-0.2, -0.15) is 10.2 Å². The molecule has 9 heteroatoms. The predicted octanol–water partition coefficient (Wildman–Crippen LogP) is 2.67. The maximum atomic E-state index is 9.60. The van der Waals surface area contributed by atoms with Gasteiger partial charge in [-0.15, -0.1) is 11.3 Å². The van der Waals surface area contributed by atoms with Crippen LogP contribution in [0.3, 0.4) is 0 Å². The lowest BCUT2D eigenvalue weighted by Gasteiger charge is -2.28. The SMILES string of the molecule is CN(C)c1nc(Cl)c2sc3nc(N4CCOCC4)c(C#N)cc3c2n1. The summed E-state index contributed by atoms with van der Waals surface area (Å²) in [4.78, 5) is 18.4. The van der Waals surface area contributed by atoms with Crippen molar-refractivity contribution in [2.75, 3.05) is 50.2 Å². The monoisotopic (exact) mass is 374 g/mol. The van der Waals surface area contributed by atoms with Gasteiger partial charge in [0.1, 0.15) is 16.7 Å². The molecular weight excluding hydrogens is 360 g/mol. The first-order chi connectivity index (χ1) is 12.1. The molecule has 1 aliphatic rings. The molecule has 25 heavy (non-hydrogen) atoms. The van der Waals surface area contributed by atoms with Crippen LogP contribution in [-0.2, 0) is 4.74 Å². The summed E-state index contributed by atoms with van der Waals surface area (Å²) in [5, 5.41) is 10.8. The summed E-state index contributed by atoms with van der Waals surface area (Å²) >= 11 is 7.80. The van der Waals surface area contributed by atoms with E-state index in [1.807, 2.05) is 20.2 Å². The number of fused-ring (bicyclic) bond motifs is 3. The number of morpholine rings is 1. The summed E-state index contributed by atoms with van der Waals surface area (Å²) in [5.41, 5.74) is 1.27. The Hall–Kier alpha value is -2.21. The van der Waals surface area contributed by atoms with E-state index in [-0.39, 0.29) is 0 Å². The van der Waals surface area contributed by atoms with Crippen molar-refractivity contribution in [1.29, 1.82) is 5.26 Å². The predicted molar refractivity (Wildman–Crippen MR) is 99.8 cm³/mol. The fraction of sp³-hybridized carbons (Fsp3) is 0.375. The zero-order valence-electron chi connectivity index (χ0n) is 13.8. The molecule has 4 rings (SSSR count). The number of hydrogen-bond acceptors (Lipinski definition) is 8. The van der Waals surface area contributed by atoms with Crippen molar-refractivity contribution in [2.45, 2.75) is 0 Å². The van der Waals surface area contributed by atoms with Crippen molar-refractivity contribution in [3.8, 4) is 6.07 Å². The van der Waals surface area contributed by atoms with Gasteiger partial charge in [0.25, 0.3) is 0 Å². The van der Waals surface area contributed by atoms with Crippen LogP contribution < -0.4 is 9.80 Å². The van der Waals surface area contributed by atoms with E-state index in [2.05, 4.69) is 20.9 Å². The average Bonchev–Trinajstić information content (AvgIpc) is 2.99. The van der Waals surface area contributed by atoms with Gasteiger partial charge in [-0.1, -0.05) is 11.6 Å². The topological polar surface area (TPSA) is 78.2 Å². The fourth-order valence-electron chi connectivity index (χ4n) is 2.81. The van der Waals surface area contributed by atoms with E-state index >= 15 is 0 Å². The number of nitrogens with zero attached hydrogens (tertiary/aromatic N) is 6. The minimum Gasteiger partial charge on any atom is -0.378 e. The van der Waals surface area contributed by atoms with Crippen LogP contribution in [0.25, 0.3) is 20.4 Å². The first-order valence-electron chi connectivity index (χ1n) is 7.79. The molecule has 1 aliphatic heterocycles. The lowest BCUT2D eigenvalue weighted by atomic mass is 10.2. The molecule has 7 nitrogen and oxygen atoms in total. The van der Waals surface area contributed by atoms with Crippen LogP contribution in [0.4, 0.5) is 11.8 Å². The molecular formula is C16H15ClN6OS. The zero-order valence-corrected chi connectivity index (χ0v) is 15.4. The van der Waals surface area contributed by atoms with E-state index < -0.39 is 0 Å². The molecule has 3 aromatic rings. The van der Waals surface area contributed by atoms with Crippen molar-refractivity contribution < 1.29 is 4.74 Å². The Morgan fingerprint density at radius 2 is 2.04 bits per heavy atom. The van der Waals surface area contributed by atoms with Gasteiger partial charge in [0, 0.05) is 32.6 Å². The number of thiophene rings is 1. The summed E-state index contributed by atoms with van der Waals surface area (Å²) in [6.07, 6.45) is 0. The second kappa shape index (κ2) is 6.26. The molecule has 0 radical (unpaired) electrons. The van der Waals surface area contributed by atoms with Crippen molar-refractivity contribution in [1.82, 2.24) is 15.0 Å². The summed E-state index contributed by atoms with van der Waals surface area (Å²) in [6.45, 7) is 2.73. The Bertz CT molecular complexity index is 1010. The van der Waals surface area contributed by atoms with Crippen molar-refractivity contribution in [3.63, 3.8) is 0 Å². The number of nitriles is 1. The van der Waals surface area contributed by atoms with Gasteiger partial charge in [-0.3, -0.25) is 0 Å². The van der Waals surface area contributed by atoms with Crippen molar-refractivity contribution in [2.24, 2.45) is 0 Å². The van der Waals surface area contributed by atoms with Crippen LogP contribution in [0.1, 0.15) is 5.56 Å². The number of rotatable bonds is 2. The van der Waals surface area contributed by atoms with E-state index in [9.17, 15) is 5.26 Å². The Kier molecular flexibility index (Phi) is 4.07. The molecule has 1 saturated heterocycles. The minimum atomic E-state index is 0.406. The maximum absolute atomic E-state index is 9.60. The first-order valence-corrected chi connectivity index (χ1v) is 8.99. The molecule has 0 amide bonds. The number of pyridine rings is 1. The van der Waals surface area contributed by atoms with Gasteiger partial charge in [-0.05, 0) is 6.07 Å². The molecule has 0 aliphatic carbocycles. The second-order valence-corrected chi connectivity index (χ2v) is 7.27. The van der Waals surface area contributed by atoms with Crippen LogP contribution in [-0.4, -0.2) is 55.4 Å². The quantitative estimate of drug-likeness (QED) is 0.638. The van der Waals surface area contributed by atoms with Crippen LogP contribution >= 0.6 is 22.9 Å². The molecule has 0 aromatic carbocycles. The molecule has 4 heterocycles. The second-order valence-electron chi connectivity index (χ2n) is 5.91. The average molecular weight is 375 g/mol. The van der Waals surface area contributed by atoms with Gasteiger partial charge in [0.2, 0.25) is 5.95 Å². The Balaban J connectivity index is 1.96. The highest BCUT2D eigenvalue weighted by Gasteiger charge is 2.21. The lowest BCUT2D eigenvalue weighted by Crippen LogP contribution is -2.37. The molecule has 0 bridgehead atoms.